The third-order valence-electron chi connectivity index (χ3n) is 2.14. The van der Waals surface area contributed by atoms with E-state index in [1.54, 1.807) is 32.2 Å². The molecule has 99 valence electrons. The van der Waals surface area contributed by atoms with Crippen LogP contribution in [-0.4, -0.2) is 40.5 Å². The number of aryl methyl sites for hydroxylation is 1. The summed E-state index contributed by atoms with van der Waals surface area (Å²) in [7, 11) is 1.61. The molecule has 1 radical (unpaired) electrons. The predicted molar refractivity (Wildman–Crippen MR) is 68.3 cm³/mol. The summed E-state index contributed by atoms with van der Waals surface area (Å²) < 4.78 is 10.2. The van der Waals surface area contributed by atoms with E-state index in [1.807, 2.05) is 0 Å². The highest BCUT2D eigenvalue weighted by atomic mass is 16.5. The van der Waals surface area contributed by atoms with Crippen LogP contribution in [0.2, 0.25) is 0 Å². The van der Waals surface area contributed by atoms with E-state index < -0.39 is 0 Å². The molecular weight excluding hydrogens is 246 g/mol. The van der Waals surface area contributed by atoms with Crippen molar-refractivity contribution in [2.24, 2.45) is 0 Å². The summed E-state index contributed by atoms with van der Waals surface area (Å²) in [5.41, 5.74) is 0. The zero-order chi connectivity index (χ0) is 13.5. The van der Waals surface area contributed by atoms with Crippen LogP contribution in [-0.2, 0) is 4.74 Å². The van der Waals surface area contributed by atoms with E-state index in [2.05, 4.69) is 31.7 Å². The summed E-state index contributed by atoms with van der Waals surface area (Å²) in [6.45, 7) is 2.75. The van der Waals surface area contributed by atoms with E-state index in [0.717, 1.165) is 0 Å². The molecule has 2 rings (SSSR count). The predicted octanol–water partition coefficient (Wildman–Crippen LogP) is 1.14. The van der Waals surface area contributed by atoms with Crippen LogP contribution in [0.1, 0.15) is 5.82 Å². The topological polar surface area (TPSA) is 82.0 Å². The maximum atomic E-state index is 5.31. The van der Waals surface area contributed by atoms with Crippen LogP contribution >= 0.6 is 0 Å². The summed E-state index contributed by atoms with van der Waals surface area (Å²) in [4.78, 5) is 8.08. The van der Waals surface area contributed by atoms with Gasteiger partial charge in [0.25, 0.3) is 0 Å². The average Bonchev–Trinajstić information content (AvgIpc) is 2.41. The molecule has 19 heavy (non-hydrogen) atoms. The molecular formula is C12H14N5O2. The SMILES string of the molecule is COCCOc1ccc(Nc2c[c]nc(C)n2)nn1. The van der Waals surface area contributed by atoms with Crippen LogP contribution in [0.15, 0.2) is 18.2 Å². The molecule has 0 spiro atoms. The first-order valence-corrected chi connectivity index (χ1v) is 5.72. The Morgan fingerprint density at radius 2 is 2.11 bits per heavy atom. The van der Waals surface area contributed by atoms with Gasteiger partial charge in [0.05, 0.1) is 12.8 Å². The van der Waals surface area contributed by atoms with E-state index >= 15 is 0 Å². The lowest BCUT2D eigenvalue weighted by molar-refractivity contribution is 0.143. The van der Waals surface area contributed by atoms with Crippen LogP contribution in [0.25, 0.3) is 0 Å². The van der Waals surface area contributed by atoms with Gasteiger partial charge in [-0.1, -0.05) is 0 Å². The summed E-state index contributed by atoms with van der Waals surface area (Å²) in [5.74, 6) is 2.28. The van der Waals surface area contributed by atoms with E-state index in [0.29, 0.717) is 36.6 Å². The maximum Gasteiger partial charge on any atom is 0.233 e. The van der Waals surface area contributed by atoms with Gasteiger partial charge < -0.3 is 14.8 Å². The number of methoxy groups -OCH3 is 1. The van der Waals surface area contributed by atoms with Gasteiger partial charge in [-0.2, -0.15) is 0 Å². The Labute approximate surface area is 111 Å². The minimum absolute atomic E-state index is 0.442. The molecule has 0 aliphatic rings. The van der Waals surface area contributed by atoms with Gasteiger partial charge in [0.2, 0.25) is 5.88 Å². The standard InChI is InChI=1S/C12H14N5O2/c1-9-13-6-5-10(14-9)15-11-3-4-12(17-16-11)19-8-7-18-2/h3-5H,7-8H2,1-2H3,(H,13,14,15,16). The summed E-state index contributed by atoms with van der Waals surface area (Å²) in [5, 5.41) is 10.9. The first-order chi connectivity index (χ1) is 9.28. The molecule has 0 aliphatic heterocycles. The molecule has 2 aromatic heterocycles. The summed E-state index contributed by atoms with van der Waals surface area (Å²) >= 11 is 0. The Kier molecular flexibility index (Phi) is 4.57. The van der Waals surface area contributed by atoms with Crippen molar-refractivity contribution < 1.29 is 9.47 Å². The Balaban J connectivity index is 1.95. The third-order valence-corrected chi connectivity index (χ3v) is 2.14. The lowest BCUT2D eigenvalue weighted by Gasteiger charge is -2.06. The number of hydrogen-bond donors (Lipinski definition) is 1. The Bertz CT molecular complexity index is 518. The van der Waals surface area contributed by atoms with Crippen molar-refractivity contribution in [3.05, 3.63) is 30.2 Å². The van der Waals surface area contributed by atoms with Gasteiger partial charge in [-0.3, -0.25) is 0 Å². The molecule has 1 N–H and O–H groups in total. The van der Waals surface area contributed by atoms with Gasteiger partial charge in [0, 0.05) is 19.2 Å². The molecule has 7 nitrogen and oxygen atoms in total. The van der Waals surface area contributed by atoms with Crippen LogP contribution in [0.5, 0.6) is 5.88 Å². The Hall–Kier alpha value is -2.28. The van der Waals surface area contributed by atoms with E-state index in [4.69, 9.17) is 9.47 Å². The Morgan fingerprint density at radius 1 is 1.21 bits per heavy atom. The summed E-state index contributed by atoms with van der Waals surface area (Å²) in [6.07, 6.45) is 2.73. The second-order valence-electron chi connectivity index (χ2n) is 3.65. The average molecular weight is 260 g/mol. The number of nitrogens with one attached hydrogen (secondary N) is 1. The fourth-order valence-corrected chi connectivity index (χ4v) is 1.31. The van der Waals surface area contributed by atoms with Gasteiger partial charge in [-0.05, 0) is 13.0 Å². The normalized spacial score (nSPS) is 10.2. The number of anilines is 2. The highest BCUT2D eigenvalue weighted by molar-refractivity contribution is 5.50. The van der Waals surface area contributed by atoms with Crippen molar-refractivity contribution in [3.8, 4) is 5.88 Å². The molecule has 0 unspecified atom stereocenters. The molecule has 0 atom stereocenters. The van der Waals surface area contributed by atoms with E-state index in [9.17, 15) is 0 Å². The van der Waals surface area contributed by atoms with Gasteiger partial charge in [-0.15, -0.1) is 10.2 Å². The molecule has 0 bridgehead atoms. The quantitative estimate of drug-likeness (QED) is 0.780. The van der Waals surface area contributed by atoms with Crippen molar-refractivity contribution in [1.29, 1.82) is 0 Å². The monoisotopic (exact) mass is 260 g/mol. The highest BCUT2D eigenvalue weighted by Crippen LogP contribution is 2.12. The first-order valence-electron chi connectivity index (χ1n) is 5.72. The number of rotatable bonds is 6. The first kappa shape index (κ1) is 13.2. The van der Waals surface area contributed by atoms with Gasteiger partial charge in [-0.25, -0.2) is 9.97 Å². The lowest BCUT2D eigenvalue weighted by atomic mass is 10.5. The third kappa shape index (κ3) is 4.14. The second kappa shape index (κ2) is 6.60. The number of aromatic nitrogens is 4. The minimum Gasteiger partial charge on any atom is -0.474 e. The van der Waals surface area contributed by atoms with Gasteiger partial charge >= 0.3 is 0 Å². The van der Waals surface area contributed by atoms with Crippen molar-refractivity contribution in [2.45, 2.75) is 6.92 Å². The molecule has 0 saturated heterocycles. The fourth-order valence-electron chi connectivity index (χ4n) is 1.31. The van der Waals surface area contributed by atoms with Gasteiger partial charge in [0.1, 0.15) is 18.2 Å². The number of ether oxygens (including phenoxy) is 2. The van der Waals surface area contributed by atoms with Crippen LogP contribution in [0.3, 0.4) is 0 Å². The van der Waals surface area contributed by atoms with E-state index in [1.165, 1.54) is 0 Å². The molecule has 0 fully saturated rings. The second-order valence-corrected chi connectivity index (χ2v) is 3.65. The van der Waals surface area contributed by atoms with Crippen LogP contribution in [0, 0.1) is 13.1 Å². The zero-order valence-electron chi connectivity index (χ0n) is 10.8. The maximum absolute atomic E-state index is 5.31. The molecule has 2 aromatic rings. The van der Waals surface area contributed by atoms with Crippen LogP contribution < -0.4 is 10.1 Å². The lowest BCUT2D eigenvalue weighted by Crippen LogP contribution is -2.06. The van der Waals surface area contributed by atoms with Crippen LogP contribution in [0.4, 0.5) is 11.6 Å². The number of hydrogen-bond acceptors (Lipinski definition) is 7. The van der Waals surface area contributed by atoms with Crippen molar-refractivity contribution in [3.63, 3.8) is 0 Å². The molecule has 2 heterocycles. The van der Waals surface area contributed by atoms with E-state index in [-0.39, 0.29) is 0 Å². The van der Waals surface area contributed by atoms with Crippen molar-refractivity contribution in [2.75, 3.05) is 25.6 Å². The van der Waals surface area contributed by atoms with Gasteiger partial charge in [0.15, 0.2) is 5.82 Å². The molecule has 0 amide bonds. The smallest absolute Gasteiger partial charge is 0.233 e. The van der Waals surface area contributed by atoms with Crippen molar-refractivity contribution >= 4 is 11.6 Å². The van der Waals surface area contributed by atoms with Crippen molar-refractivity contribution in [1.82, 2.24) is 20.2 Å². The molecule has 0 saturated carbocycles. The number of nitrogens with zero attached hydrogens (tertiary/aromatic N) is 4. The molecule has 0 aliphatic carbocycles. The highest BCUT2D eigenvalue weighted by Gasteiger charge is 2.01. The zero-order valence-corrected chi connectivity index (χ0v) is 10.8. The molecule has 7 heteroatoms. The summed E-state index contributed by atoms with van der Waals surface area (Å²) in [6, 6.07) is 5.12. The minimum atomic E-state index is 0.442. The molecule has 0 aromatic carbocycles. The Morgan fingerprint density at radius 3 is 2.79 bits per heavy atom. The fraction of sp³-hybridized carbons (Fsp3) is 0.333. The largest absolute Gasteiger partial charge is 0.474 e.